The Balaban J connectivity index is 1.92. The number of hydrogen-bond donors (Lipinski definition) is 2. The number of carbonyl (C=O) groups excluding carboxylic acids is 1. The molecule has 1 saturated carbocycles. The maximum Gasteiger partial charge on any atom is 0.251 e. The SMILES string of the molecule is NC(CNC(=O)c1ccc(Br)c(Cl)c1)C1CC1. The van der Waals surface area contributed by atoms with Crippen molar-refractivity contribution in [2.75, 3.05) is 6.54 Å². The molecule has 92 valence electrons. The van der Waals surface area contributed by atoms with Gasteiger partial charge in [0.15, 0.2) is 0 Å². The van der Waals surface area contributed by atoms with Crippen LogP contribution in [0, 0.1) is 5.92 Å². The number of amides is 1. The van der Waals surface area contributed by atoms with Gasteiger partial charge in [0, 0.05) is 22.6 Å². The predicted octanol–water partition coefficient (Wildman–Crippen LogP) is 2.57. The van der Waals surface area contributed by atoms with Gasteiger partial charge in [-0.2, -0.15) is 0 Å². The fourth-order valence-corrected chi connectivity index (χ4v) is 2.07. The number of hydrogen-bond acceptors (Lipinski definition) is 2. The third-order valence-electron chi connectivity index (χ3n) is 2.91. The molecule has 0 bridgehead atoms. The lowest BCUT2D eigenvalue weighted by Gasteiger charge is -2.11. The molecular formula is C12H14BrClN2O. The van der Waals surface area contributed by atoms with Gasteiger partial charge in [-0.25, -0.2) is 0 Å². The van der Waals surface area contributed by atoms with E-state index in [0.717, 1.165) is 4.47 Å². The van der Waals surface area contributed by atoms with Gasteiger partial charge in [-0.15, -0.1) is 0 Å². The highest BCUT2D eigenvalue weighted by molar-refractivity contribution is 9.10. The van der Waals surface area contributed by atoms with Gasteiger partial charge in [0.2, 0.25) is 0 Å². The summed E-state index contributed by atoms with van der Waals surface area (Å²) < 4.78 is 0.783. The van der Waals surface area contributed by atoms with Crippen molar-refractivity contribution in [3.05, 3.63) is 33.3 Å². The molecule has 0 saturated heterocycles. The molecule has 2 rings (SSSR count). The van der Waals surface area contributed by atoms with Crippen molar-refractivity contribution < 1.29 is 4.79 Å². The third kappa shape index (κ3) is 3.44. The molecule has 1 fully saturated rings. The van der Waals surface area contributed by atoms with Crippen molar-refractivity contribution in [2.24, 2.45) is 11.7 Å². The molecule has 0 aromatic heterocycles. The lowest BCUT2D eigenvalue weighted by molar-refractivity contribution is 0.0950. The Morgan fingerprint density at radius 1 is 1.59 bits per heavy atom. The second-order valence-electron chi connectivity index (χ2n) is 4.34. The van der Waals surface area contributed by atoms with Gasteiger partial charge >= 0.3 is 0 Å². The second kappa shape index (κ2) is 5.38. The molecule has 1 amide bonds. The summed E-state index contributed by atoms with van der Waals surface area (Å²) in [7, 11) is 0. The van der Waals surface area contributed by atoms with Crippen LogP contribution in [0.4, 0.5) is 0 Å². The Morgan fingerprint density at radius 3 is 2.88 bits per heavy atom. The maximum absolute atomic E-state index is 11.8. The van der Waals surface area contributed by atoms with Crippen LogP contribution in [0.25, 0.3) is 0 Å². The molecule has 0 radical (unpaired) electrons. The highest BCUT2D eigenvalue weighted by atomic mass is 79.9. The maximum atomic E-state index is 11.8. The number of nitrogens with two attached hydrogens (primary N) is 1. The summed E-state index contributed by atoms with van der Waals surface area (Å²) in [5, 5.41) is 3.36. The molecule has 3 nitrogen and oxygen atoms in total. The summed E-state index contributed by atoms with van der Waals surface area (Å²) in [4.78, 5) is 11.8. The molecule has 3 N–H and O–H groups in total. The molecule has 0 spiro atoms. The zero-order valence-corrected chi connectivity index (χ0v) is 11.6. The Bertz CT molecular complexity index is 435. The van der Waals surface area contributed by atoms with Gasteiger partial charge < -0.3 is 11.1 Å². The van der Waals surface area contributed by atoms with Crippen molar-refractivity contribution in [1.82, 2.24) is 5.32 Å². The van der Waals surface area contributed by atoms with Crippen LogP contribution in [0.5, 0.6) is 0 Å². The molecule has 0 aliphatic heterocycles. The average Bonchev–Trinajstić information content (AvgIpc) is 3.13. The lowest BCUT2D eigenvalue weighted by atomic mass is 10.2. The molecule has 1 unspecified atom stereocenters. The molecule has 1 aromatic carbocycles. The molecule has 1 aromatic rings. The Hall–Kier alpha value is -0.580. The molecule has 1 aliphatic carbocycles. The smallest absolute Gasteiger partial charge is 0.251 e. The lowest BCUT2D eigenvalue weighted by Crippen LogP contribution is -2.38. The first-order valence-corrected chi connectivity index (χ1v) is 6.74. The molecule has 5 heteroatoms. The van der Waals surface area contributed by atoms with Crippen LogP contribution in [0.15, 0.2) is 22.7 Å². The molecule has 0 heterocycles. The topological polar surface area (TPSA) is 55.1 Å². The second-order valence-corrected chi connectivity index (χ2v) is 5.60. The number of halogens is 2. The van der Waals surface area contributed by atoms with E-state index in [4.69, 9.17) is 17.3 Å². The summed E-state index contributed by atoms with van der Waals surface area (Å²) in [6.45, 7) is 0.525. The van der Waals surface area contributed by atoms with E-state index in [1.54, 1.807) is 18.2 Å². The summed E-state index contributed by atoms with van der Waals surface area (Å²) >= 11 is 9.21. The molecule has 17 heavy (non-hydrogen) atoms. The first-order valence-electron chi connectivity index (χ1n) is 5.57. The number of nitrogens with one attached hydrogen (secondary N) is 1. The normalized spacial score (nSPS) is 16.6. The first-order chi connectivity index (χ1) is 8.08. The fourth-order valence-electron chi connectivity index (χ4n) is 1.64. The van der Waals surface area contributed by atoms with E-state index < -0.39 is 0 Å². The molecule has 1 atom stereocenters. The summed E-state index contributed by atoms with van der Waals surface area (Å²) in [6.07, 6.45) is 2.36. The van der Waals surface area contributed by atoms with Crippen molar-refractivity contribution >= 4 is 33.4 Å². The highest BCUT2D eigenvalue weighted by Crippen LogP contribution is 2.31. The van der Waals surface area contributed by atoms with Crippen LogP contribution in [-0.2, 0) is 0 Å². The monoisotopic (exact) mass is 316 g/mol. The van der Waals surface area contributed by atoms with Gasteiger partial charge in [0.25, 0.3) is 5.91 Å². The van der Waals surface area contributed by atoms with Crippen LogP contribution in [0.3, 0.4) is 0 Å². The van der Waals surface area contributed by atoms with E-state index in [1.807, 2.05) is 0 Å². The zero-order valence-electron chi connectivity index (χ0n) is 9.25. The van der Waals surface area contributed by atoms with Gasteiger partial charge in [0.05, 0.1) is 5.02 Å². The van der Waals surface area contributed by atoms with Crippen LogP contribution in [0.2, 0.25) is 5.02 Å². The fraction of sp³-hybridized carbons (Fsp3) is 0.417. The van der Waals surface area contributed by atoms with Crippen molar-refractivity contribution in [2.45, 2.75) is 18.9 Å². The standard InChI is InChI=1S/C12H14BrClN2O/c13-9-4-3-8(5-10(9)14)12(17)16-6-11(15)7-1-2-7/h3-5,7,11H,1-2,6,15H2,(H,16,17). The summed E-state index contributed by atoms with van der Waals surface area (Å²) in [6, 6.07) is 5.21. The number of rotatable bonds is 4. The predicted molar refractivity (Wildman–Crippen MR) is 72.2 cm³/mol. The van der Waals surface area contributed by atoms with Crippen LogP contribution < -0.4 is 11.1 Å². The van der Waals surface area contributed by atoms with Crippen molar-refractivity contribution in [3.8, 4) is 0 Å². The Morgan fingerprint density at radius 2 is 2.29 bits per heavy atom. The third-order valence-corrected chi connectivity index (χ3v) is 4.14. The number of carbonyl (C=O) groups is 1. The minimum Gasteiger partial charge on any atom is -0.350 e. The van der Waals surface area contributed by atoms with E-state index in [1.165, 1.54) is 12.8 Å². The summed E-state index contributed by atoms with van der Waals surface area (Å²) in [5.41, 5.74) is 6.47. The van der Waals surface area contributed by atoms with E-state index in [9.17, 15) is 4.79 Å². The number of benzene rings is 1. The minimum absolute atomic E-state index is 0.0740. The molecule has 1 aliphatic rings. The Kier molecular flexibility index (Phi) is 4.07. The van der Waals surface area contributed by atoms with Gasteiger partial charge in [0.1, 0.15) is 0 Å². The quantitative estimate of drug-likeness (QED) is 0.897. The van der Waals surface area contributed by atoms with E-state index in [0.29, 0.717) is 23.0 Å². The molecular weight excluding hydrogens is 304 g/mol. The van der Waals surface area contributed by atoms with E-state index >= 15 is 0 Å². The first kappa shape index (κ1) is 12.9. The van der Waals surface area contributed by atoms with E-state index in [-0.39, 0.29) is 11.9 Å². The van der Waals surface area contributed by atoms with Gasteiger partial charge in [-0.1, -0.05) is 11.6 Å². The van der Waals surface area contributed by atoms with Crippen molar-refractivity contribution in [1.29, 1.82) is 0 Å². The minimum atomic E-state index is -0.129. The van der Waals surface area contributed by atoms with Gasteiger partial charge in [-0.05, 0) is 52.9 Å². The Labute approximate surface area is 114 Å². The zero-order chi connectivity index (χ0) is 12.4. The largest absolute Gasteiger partial charge is 0.350 e. The van der Waals surface area contributed by atoms with Crippen LogP contribution in [0.1, 0.15) is 23.2 Å². The van der Waals surface area contributed by atoms with E-state index in [2.05, 4.69) is 21.2 Å². The highest BCUT2D eigenvalue weighted by Gasteiger charge is 2.28. The summed E-state index contributed by atoms with van der Waals surface area (Å²) in [5.74, 6) is 0.458. The average molecular weight is 318 g/mol. The van der Waals surface area contributed by atoms with Crippen molar-refractivity contribution in [3.63, 3.8) is 0 Å². The van der Waals surface area contributed by atoms with Gasteiger partial charge in [-0.3, -0.25) is 4.79 Å². The van der Waals surface area contributed by atoms with Crippen LogP contribution in [-0.4, -0.2) is 18.5 Å². The van der Waals surface area contributed by atoms with Crippen LogP contribution >= 0.6 is 27.5 Å².